The summed E-state index contributed by atoms with van der Waals surface area (Å²) < 4.78 is 39.8. The maximum Gasteiger partial charge on any atom is 0.416 e. The van der Waals surface area contributed by atoms with Crippen LogP contribution in [0.3, 0.4) is 0 Å². The number of allylic oxidation sites excluding steroid dienone is 6. The van der Waals surface area contributed by atoms with Crippen LogP contribution in [-0.4, -0.2) is 33.1 Å². The summed E-state index contributed by atoms with van der Waals surface area (Å²) in [4.78, 5) is 62.8. The Labute approximate surface area is 273 Å². The highest BCUT2D eigenvalue weighted by molar-refractivity contribution is 7.13. The van der Waals surface area contributed by atoms with Gasteiger partial charge in [0, 0.05) is 43.9 Å². The van der Waals surface area contributed by atoms with Gasteiger partial charge in [-0.2, -0.15) is 13.2 Å². The molecule has 4 aromatic rings. The van der Waals surface area contributed by atoms with Crippen LogP contribution in [0.5, 0.6) is 0 Å². The summed E-state index contributed by atoms with van der Waals surface area (Å²) in [5.74, 6) is -3.04. The van der Waals surface area contributed by atoms with Crippen molar-refractivity contribution in [2.75, 3.05) is 0 Å². The van der Waals surface area contributed by atoms with E-state index >= 15 is 0 Å². The average Bonchev–Trinajstić information content (AvgIpc) is 3.76. The highest BCUT2D eigenvalue weighted by Crippen LogP contribution is 2.53. The van der Waals surface area contributed by atoms with Gasteiger partial charge in [0.15, 0.2) is 0 Å². The number of hydrogen-bond donors (Lipinski definition) is 0. The van der Waals surface area contributed by atoms with Gasteiger partial charge in [0.25, 0.3) is 0 Å². The van der Waals surface area contributed by atoms with Crippen molar-refractivity contribution < 1.29 is 32.3 Å². The molecule has 47 heavy (non-hydrogen) atoms. The standard InChI is InChI=1S/C36H21F3N2O4S2/c1-14-4-6-18-20(8-14)30(42)32(44)22(18)12-26-40-28-15(2)9-25-24(34(28)46-26)10-16(3)29-35(25)47-27(41-29)13-23-19-7-5-17(36(37,38)39)11-21(19)31(43)33(23)45/h4-13,24-25H,1-3H3/b22-12-,23-13-. The lowest BCUT2D eigenvalue weighted by atomic mass is 9.77. The Morgan fingerprint density at radius 2 is 1.11 bits per heavy atom. The molecule has 0 fully saturated rings. The fourth-order valence-corrected chi connectivity index (χ4v) is 9.10. The molecule has 0 saturated heterocycles. The van der Waals surface area contributed by atoms with Gasteiger partial charge in [-0.25, -0.2) is 9.97 Å². The SMILES string of the molecule is CC1=CC2c3sc(/C=C4\C(=O)C(=O)c5cc(C(F)(F)F)ccc54)nc3C(C)=CC2c2sc(/C=C3\C(=O)C(=O)c4cc(C)ccc43)nc21. The van der Waals surface area contributed by atoms with Crippen LogP contribution in [0.25, 0.3) is 34.4 Å². The largest absolute Gasteiger partial charge is 0.416 e. The monoisotopic (exact) mass is 666 g/mol. The second kappa shape index (κ2) is 10.1. The van der Waals surface area contributed by atoms with E-state index in [1.54, 1.807) is 18.2 Å². The number of ketones is 4. The second-order valence-electron chi connectivity index (χ2n) is 12.0. The molecule has 2 heterocycles. The van der Waals surface area contributed by atoms with Crippen molar-refractivity contribution in [2.24, 2.45) is 0 Å². The summed E-state index contributed by atoms with van der Waals surface area (Å²) in [6.07, 6.45) is 2.80. The van der Waals surface area contributed by atoms with Crippen molar-refractivity contribution >= 4 is 80.3 Å². The summed E-state index contributed by atoms with van der Waals surface area (Å²) in [7, 11) is 0. The van der Waals surface area contributed by atoms with Crippen LogP contribution in [0.1, 0.15) is 99.8 Å². The van der Waals surface area contributed by atoms with E-state index in [1.165, 1.54) is 34.8 Å². The zero-order valence-electron chi connectivity index (χ0n) is 24.9. The van der Waals surface area contributed by atoms with Gasteiger partial charge in [-0.1, -0.05) is 35.9 Å². The molecule has 0 radical (unpaired) electrons. The van der Waals surface area contributed by atoms with E-state index in [4.69, 9.17) is 9.97 Å². The minimum Gasteiger partial charge on any atom is -0.285 e. The number of fused-ring (bicyclic) bond motifs is 7. The number of thiazole rings is 2. The molecule has 232 valence electrons. The van der Waals surface area contributed by atoms with Crippen molar-refractivity contribution in [1.82, 2.24) is 9.97 Å². The molecule has 2 aromatic heterocycles. The van der Waals surface area contributed by atoms with E-state index in [2.05, 4.69) is 12.2 Å². The van der Waals surface area contributed by atoms with Crippen LogP contribution in [0, 0.1) is 6.92 Å². The van der Waals surface area contributed by atoms with Crippen molar-refractivity contribution in [1.29, 1.82) is 0 Å². The summed E-state index contributed by atoms with van der Waals surface area (Å²) in [6, 6.07) is 8.17. The lowest BCUT2D eigenvalue weighted by Gasteiger charge is -2.30. The first-order chi connectivity index (χ1) is 22.3. The molecule has 11 heteroatoms. The molecule has 2 aromatic carbocycles. The molecule has 2 atom stereocenters. The predicted molar refractivity (Wildman–Crippen MR) is 174 cm³/mol. The smallest absolute Gasteiger partial charge is 0.285 e. The van der Waals surface area contributed by atoms with Gasteiger partial charge in [-0.05, 0) is 73.4 Å². The Bertz CT molecular complexity index is 2320. The summed E-state index contributed by atoms with van der Waals surface area (Å²) >= 11 is 2.85. The Kier molecular flexibility index (Phi) is 6.32. The molecule has 8 rings (SSSR count). The van der Waals surface area contributed by atoms with Crippen LogP contribution in [0.15, 0.2) is 48.6 Å². The van der Waals surface area contributed by atoms with Crippen LogP contribution in [0.4, 0.5) is 13.2 Å². The number of benzene rings is 2. The van der Waals surface area contributed by atoms with Gasteiger partial charge in [0.1, 0.15) is 10.0 Å². The van der Waals surface area contributed by atoms with Crippen LogP contribution < -0.4 is 0 Å². The quantitative estimate of drug-likeness (QED) is 0.158. The lowest BCUT2D eigenvalue weighted by molar-refractivity contribution is -0.137. The zero-order chi connectivity index (χ0) is 33.1. The highest BCUT2D eigenvalue weighted by Gasteiger charge is 2.40. The number of aromatic nitrogens is 2. The van der Waals surface area contributed by atoms with Crippen molar-refractivity contribution in [2.45, 2.75) is 38.8 Å². The van der Waals surface area contributed by atoms with Crippen LogP contribution in [0.2, 0.25) is 0 Å². The molecule has 0 amide bonds. The van der Waals surface area contributed by atoms with E-state index in [-0.39, 0.29) is 28.5 Å². The maximum atomic E-state index is 13.3. The maximum absolute atomic E-state index is 13.3. The molecule has 4 aliphatic rings. The molecule has 4 aliphatic carbocycles. The first-order valence-corrected chi connectivity index (χ1v) is 16.3. The molecule has 0 bridgehead atoms. The number of Topliss-reactive ketones (excluding diaryl/α,β-unsaturated/α-hetero) is 4. The zero-order valence-corrected chi connectivity index (χ0v) is 26.5. The van der Waals surface area contributed by atoms with Gasteiger partial charge in [-0.3, -0.25) is 19.2 Å². The van der Waals surface area contributed by atoms with Gasteiger partial charge in [0.2, 0.25) is 23.1 Å². The van der Waals surface area contributed by atoms with Crippen molar-refractivity contribution in [3.8, 4) is 0 Å². The van der Waals surface area contributed by atoms with Gasteiger partial charge >= 0.3 is 6.18 Å². The summed E-state index contributed by atoms with van der Waals surface area (Å²) in [5, 5.41) is 1.09. The van der Waals surface area contributed by atoms with Crippen molar-refractivity contribution in [3.05, 3.63) is 113 Å². The Hall–Kier alpha value is -4.87. The number of hydrogen-bond acceptors (Lipinski definition) is 8. The Morgan fingerprint density at radius 3 is 1.60 bits per heavy atom. The Morgan fingerprint density at radius 1 is 0.638 bits per heavy atom. The van der Waals surface area contributed by atoms with Crippen LogP contribution >= 0.6 is 22.7 Å². The minimum absolute atomic E-state index is 0.0254. The number of carbonyl (C=O) groups is 4. The lowest BCUT2D eigenvalue weighted by Crippen LogP contribution is -2.16. The number of halogens is 3. The molecular weight excluding hydrogens is 646 g/mol. The van der Waals surface area contributed by atoms with Gasteiger partial charge < -0.3 is 0 Å². The fraction of sp³-hybridized carbons (Fsp3) is 0.167. The molecular formula is C36H21F3N2O4S2. The minimum atomic E-state index is -4.64. The molecule has 0 saturated carbocycles. The number of nitrogens with zero attached hydrogens (tertiary/aromatic N) is 2. The molecule has 0 spiro atoms. The first kappa shape index (κ1) is 29.5. The number of aryl methyl sites for hydroxylation is 1. The Balaban J connectivity index is 1.16. The third kappa shape index (κ3) is 4.44. The predicted octanol–water partition coefficient (Wildman–Crippen LogP) is 8.24. The van der Waals surface area contributed by atoms with E-state index in [0.717, 1.165) is 50.0 Å². The van der Waals surface area contributed by atoms with Crippen molar-refractivity contribution in [3.63, 3.8) is 0 Å². The molecule has 0 aliphatic heterocycles. The number of rotatable bonds is 2. The average molecular weight is 667 g/mol. The van der Waals surface area contributed by atoms with E-state index in [9.17, 15) is 32.3 Å². The first-order valence-electron chi connectivity index (χ1n) is 14.6. The third-order valence-corrected chi connectivity index (χ3v) is 11.2. The van der Waals surface area contributed by atoms with E-state index < -0.39 is 34.9 Å². The fourth-order valence-electron chi connectivity index (χ4n) is 6.71. The molecule has 0 N–H and O–H groups in total. The second-order valence-corrected chi connectivity index (χ2v) is 14.1. The topological polar surface area (TPSA) is 94.1 Å². The summed E-state index contributed by atoms with van der Waals surface area (Å²) in [6.45, 7) is 5.79. The molecule has 2 unspecified atom stereocenters. The highest BCUT2D eigenvalue weighted by atomic mass is 32.1. The van der Waals surface area contributed by atoms with Gasteiger partial charge in [-0.15, -0.1) is 22.7 Å². The summed E-state index contributed by atoms with van der Waals surface area (Å²) in [5.41, 5.74) is 4.65. The number of alkyl halides is 3. The molecule has 6 nitrogen and oxygen atoms in total. The van der Waals surface area contributed by atoms with Crippen LogP contribution in [-0.2, 0) is 15.8 Å². The van der Waals surface area contributed by atoms with E-state index in [1.807, 2.05) is 26.8 Å². The van der Waals surface area contributed by atoms with E-state index in [0.29, 0.717) is 26.7 Å². The van der Waals surface area contributed by atoms with Gasteiger partial charge in [0.05, 0.1) is 17.0 Å². The third-order valence-electron chi connectivity index (χ3n) is 8.97. The number of carbonyl (C=O) groups excluding carboxylic acids is 4. The normalized spacial score (nSPS) is 21.5.